The maximum absolute atomic E-state index is 12.3. The molecule has 102 valence electrons. The second-order valence-electron chi connectivity index (χ2n) is 5.49. The molecule has 1 saturated heterocycles. The van der Waals surface area contributed by atoms with Crippen molar-refractivity contribution in [1.29, 1.82) is 0 Å². The Balaban J connectivity index is 2.78. The van der Waals surface area contributed by atoms with Crippen molar-refractivity contribution >= 4 is 10.0 Å². The van der Waals surface area contributed by atoms with E-state index < -0.39 is 21.9 Å². The van der Waals surface area contributed by atoms with Gasteiger partial charge in [0, 0.05) is 13.1 Å². The standard InChI is InChI=1S/C10H19F2NO3S/c1-10(2,3)7-4-5-13(6-8(7)14)17(15,16)9(11)12/h7-9,14H,4-6H2,1-3H3/t7-,8-/m1/s1. The van der Waals surface area contributed by atoms with E-state index in [0.717, 1.165) is 0 Å². The van der Waals surface area contributed by atoms with E-state index in [1.165, 1.54) is 0 Å². The van der Waals surface area contributed by atoms with Gasteiger partial charge in [0.2, 0.25) is 0 Å². The summed E-state index contributed by atoms with van der Waals surface area (Å²) in [4.78, 5) is 0. The molecule has 0 unspecified atom stereocenters. The summed E-state index contributed by atoms with van der Waals surface area (Å²) in [6, 6.07) is 0. The monoisotopic (exact) mass is 271 g/mol. The van der Waals surface area contributed by atoms with Crippen LogP contribution < -0.4 is 0 Å². The number of rotatable bonds is 2. The number of β-amino-alcohol motifs (C(OH)–C–C–N with tert-alkyl or cyclic N) is 1. The van der Waals surface area contributed by atoms with Crippen LogP contribution in [0, 0.1) is 11.3 Å². The highest BCUT2D eigenvalue weighted by atomic mass is 32.2. The number of hydrogen-bond acceptors (Lipinski definition) is 3. The Morgan fingerprint density at radius 1 is 1.35 bits per heavy atom. The molecule has 0 aromatic heterocycles. The second-order valence-corrected chi connectivity index (χ2v) is 7.39. The third-order valence-corrected chi connectivity index (χ3v) is 4.74. The fourth-order valence-electron chi connectivity index (χ4n) is 2.26. The molecule has 1 fully saturated rings. The molecule has 1 rings (SSSR count). The Morgan fingerprint density at radius 3 is 2.24 bits per heavy atom. The zero-order chi connectivity index (χ0) is 13.4. The Kier molecular flexibility index (Phi) is 4.16. The predicted octanol–water partition coefficient (Wildman–Crippen LogP) is 1.27. The van der Waals surface area contributed by atoms with E-state index in [-0.39, 0.29) is 24.4 Å². The average Bonchev–Trinajstić information content (AvgIpc) is 2.15. The first kappa shape index (κ1) is 14.8. The molecule has 1 aliphatic heterocycles. The molecule has 0 aromatic rings. The lowest BCUT2D eigenvalue weighted by Gasteiger charge is -2.41. The van der Waals surface area contributed by atoms with Gasteiger partial charge in [-0.2, -0.15) is 13.1 Å². The number of alkyl halides is 2. The summed E-state index contributed by atoms with van der Waals surface area (Å²) in [5.41, 5.74) is -0.167. The highest BCUT2D eigenvalue weighted by Crippen LogP contribution is 2.35. The van der Waals surface area contributed by atoms with Crippen molar-refractivity contribution in [2.24, 2.45) is 11.3 Å². The highest BCUT2D eigenvalue weighted by molar-refractivity contribution is 7.89. The molecule has 0 aliphatic carbocycles. The molecule has 0 saturated carbocycles. The quantitative estimate of drug-likeness (QED) is 0.823. The van der Waals surface area contributed by atoms with E-state index in [0.29, 0.717) is 10.7 Å². The third kappa shape index (κ3) is 3.14. The van der Waals surface area contributed by atoms with E-state index in [9.17, 15) is 22.3 Å². The van der Waals surface area contributed by atoms with Crippen LogP contribution in [0.4, 0.5) is 8.78 Å². The Labute approximate surface area is 101 Å². The molecule has 17 heavy (non-hydrogen) atoms. The van der Waals surface area contributed by atoms with Gasteiger partial charge in [-0.15, -0.1) is 0 Å². The van der Waals surface area contributed by atoms with E-state index in [4.69, 9.17) is 0 Å². The number of aliphatic hydroxyl groups is 1. The molecule has 0 amide bonds. The Bertz CT molecular complexity index is 364. The molecule has 0 spiro atoms. The highest BCUT2D eigenvalue weighted by Gasteiger charge is 2.41. The van der Waals surface area contributed by atoms with Crippen molar-refractivity contribution in [3.8, 4) is 0 Å². The molecule has 1 N–H and O–H groups in total. The third-order valence-electron chi connectivity index (χ3n) is 3.24. The van der Waals surface area contributed by atoms with Crippen LogP contribution in [0.3, 0.4) is 0 Å². The van der Waals surface area contributed by atoms with Gasteiger partial charge in [-0.25, -0.2) is 8.42 Å². The largest absolute Gasteiger partial charge is 0.391 e. The van der Waals surface area contributed by atoms with Gasteiger partial charge < -0.3 is 5.11 Å². The molecule has 0 aromatic carbocycles. The summed E-state index contributed by atoms with van der Waals surface area (Å²) >= 11 is 0. The van der Waals surface area contributed by atoms with Crippen molar-refractivity contribution in [2.75, 3.05) is 13.1 Å². The van der Waals surface area contributed by atoms with Gasteiger partial charge in [0.15, 0.2) is 0 Å². The van der Waals surface area contributed by atoms with Crippen LogP contribution in [0.5, 0.6) is 0 Å². The van der Waals surface area contributed by atoms with E-state index >= 15 is 0 Å². The van der Waals surface area contributed by atoms with Crippen molar-refractivity contribution in [2.45, 2.75) is 39.1 Å². The van der Waals surface area contributed by atoms with Crippen molar-refractivity contribution < 1.29 is 22.3 Å². The molecule has 4 nitrogen and oxygen atoms in total. The molecular formula is C10H19F2NO3S. The van der Waals surface area contributed by atoms with Crippen LogP contribution >= 0.6 is 0 Å². The van der Waals surface area contributed by atoms with Crippen LogP contribution in [0.15, 0.2) is 0 Å². The second kappa shape index (κ2) is 4.78. The minimum Gasteiger partial charge on any atom is -0.391 e. The summed E-state index contributed by atoms with van der Waals surface area (Å²) in [6.45, 7) is 5.63. The Hall–Kier alpha value is -0.270. The molecular weight excluding hydrogens is 252 g/mol. The number of aliphatic hydroxyl groups excluding tert-OH is 1. The van der Waals surface area contributed by atoms with Gasteiger partial charge in [0.1, 0.15) is 0 Å². The predicted molar refractivity (Wildman–Crippen MR) is 60.1 cm³/mol. The minimum absolute atomic E-state index is 0.0473. The first-order chi connectivity index (χ1) is 7.56. The summed E-state index contributed by atoms with van der Waals surface area (Å²) in [5.74, 6) is -3.49. The molecule has 0 bridgehead atoms. The maximum atomic E-state index is 12.3. The summed E-state index contributed by atoms with van der Waals surface area (Å²) in [6.07, 6.45) is -0.492. The fraction of sp³-hybridized carbons (Fsp3) is 1.00. The average molecular weight is 271 g/mol. The maximum Gasteiger partial charge on any atom is 0.350 e. The first-order valence-electron chi connectivity index (χ1n) is 5.52. The zero-order valence-corrected chi connectivity index (χ0v) is 11.0. The Morgan fingerprint density at radius 2 is 1.88 bits per heavy atom. The lowest BCUT2D eigenvalue weighted by molar-refractivity contribution is -0.00351. The van der Waals surface area contributed by atoms with Crippen LogP contribution in [0.2, 0.25) is 0 Å². The van der Waals surface area contributed by atoms with Gasteiger partial charge in [-0.1, -0.05) is 20.8 Å². The van der Waals surface area contributed by atoms with Gasteiger partial charge in [-0.05, 0) is 17.8 Å². The van der Waals surface area contributed by atoms with Crippen LogP contribution in [0.1, 0.15) is 27.2 Å². The van der Waals surface area contributed by atoms with Crippen LogP contribution in [0.25, 0.3) is 0 Å². The first-order valence-corrected chi connectivity index (χ1v) is 7.02. The van der Waals surface area contributed by atoms with Crippen LogP contribution in [-0.2, 0) is 10.0 Å². The SMILES string of the molecule is CC(C)(C)[C@@H]1CCN(S(=O)(=O)C(F)F)C[C@H]1O. The van der Waals surface area contributed by atoms with Crippen molar-refractivity contribution in [3.05, 3.63) is 0 Å². The van der Waals surface area contributed by atoms with Crippen LogP contribution in [-0.4, -0.2) is 42.8 Å². The minimum atomic E-state index is -4.56. The molecule has 1 aliphatic rings. The molecule has 1 heterocycles. The summed E-state index contributed by atoms with van der Waals surface area (Å²) in [7, 11) is -4.56. The van der Waals surface area contributed by atoms with E-state index in [1.54, 1.807) is 0 Å². The fourth-order valence-corrected chi connectivity index (χ4v) is 3.20. The van der Waals surface area contributed by atoms with E-state index in [2.05, 4.69) is 0 Å². The van der Waals surface area contributed by atoms with Crippen molar-refractivity contribution in [3.63, 3.8) is 0 Å². The number of piperidine rings is 1. The molecule has 2 atom stereocenters. The molecule has 7 heteroatoms. The van der Waals surface area contributed by atoms with E-state index in [1.807, 2.05) is 20.8 Å². The number of hydrogen-bond donors (Lipinski definition) is 1. The van der Waals surface area contributed by atoms with Gasteiger partial charge >= 0.3 is 5.76 Å². The normalized spacial score (nSPS) is 28.6. The molecule has 0 radical (unpaired) electrons. The van der Waals surface area contributed by atoms with Crippen molar-refractivity contribution in [1.82, 2.24) is 4.31 Å². The number of halogens is 2. The number of sulfonamides is 1. The summed E-state index contributed by atoms with van der Waals surface area (Å²) in [5, 5.41) is 9.87. The van der Waals surface area contributed by atoms with Gasteiger partial charge in [0.25, 0.3) is 10.0 Å². The smallest absolute Gasteiger partial charge is 0.350 e. The topological polar surface area (TPSA) is 57.6 Å². The lowest BCUT2D eigenvalue weighted by Crippen LogP contribution is -2.51. The number of nitrogens with zero attached hydrogens (tertiary/aromatic N) is 1. The van der Waals surface area contributed by atoms with Gasteiger partial charge in [-0.3, -0.25) is 0 Å². The summed E-state index contributed by atoms with van der Waals surface area (Å²) < 4.78 is 47.9. The zero-order valence-electron chi connectivity index (χ0n) is 10.2. The lowest BCUT2D eigenvalue weighted by atomic mass is 9.74. The van der Waals surface area contributed by atoms with Gasteiger partial charge in [0.05, 0.1) is 6.10 Å².